The fraction of sp³-hybridized carbons (Fsp3) is 1.00. The smallest absolute Gasteiger partial charge is 0.0575 e. The van der Waals surface area contributed by atoms with Gasteiger partial charge in [-0.15, -0.1) is 0 Å². The Labute approximate surface area is 75.9 Å². The van der Waals surface area contributed by atoms with Gasteiger partial charge in [-0.1, -0.05) is 26.2 Å². The Morgan fingerprint density at radius 3 is 2.25 bits per heavy atom. The van der Waals surface area contributed by atoms with Crippen molar-refractivity contribution in [3.63, 3.8) is 0 Å². The maximum atomic E-state index is 7.00. The lowest BCUT2D eigenvalue weighted by atomic mass is 9.98. The van der Waals surface area contributed by atoms with Gasteiger partial charge in [0.05, 0.1) is 6.10 Å². The zero-order chi connectivity index (χ0) is 9.23. The monoisotopic (exact) mass is 174 g/mol. The van der Waals surface area contributed by atoms with E-state index in [0.29, 0.717) is 6.10 Å². The van der Waals surface area contributed by atoms with Gasteiger partial charge in [0.2, 0.25) is 0 Å². The van der Waals surface area contributed by atoms with E-state index >= 15 is 0 Å². The minimum absolute atomic E-state index is 0.605. The van der Waals surface area contributed by atoms with Crippen molar-refractivity contribution in [2.24, 2.45) is 0 Å². The van der Waals surface area contributed by atoms with Crippen molar-refractivity contribution in [2.75, 3.05) is 13.7 Å². The number of aliphatic hydroxyl groups is 1. The molecule has 0 aromatic rings. The highest BCUT2D eigenvalue weighted by Gasteiger charge is 2.12. The summed E-state index contributed by atoms with van der Waals surface area (Å²) >= 11 is 0. The van der Waals surface area contributed by atoms with Crippen LogP contribution in [0.1, 0.15) is 45.4 Å². The van der Waals surface area contributed by atoms with E-state index in [9.17, 15) is 0 Å². The highest BCUT2D eigenvalue weighted by molar-refractivity contribution is 4.64. The fourth-order valence-corrected chi connectivity index (χ4v) is 1.52. The van der Waals surface area contributed by atoms with Crippen LogP contribution in [-0.4, -0.2) is 24.9 Å². The molecule has 2 heteroatoms. The van der Waals surface area contributed by atoms with Crippen LogP contribution in [0.15, 0.2) is 0 Å². The molecule has 0 saturated heterocycles. The molecule has 0 heterocycles. The Hall–Kier alpha value is -0.0800. The highest BCUT2D eigenvalue weighted by atomic mass is 16.5. The van der Waals surface area contributed by atoms with Crippen LogP contribution in [0.2, 0.25) is 0 Å². The molecule has 0 bridgehead atoms. The quantitative estimate of drug-likeness (QED) is 0.711. The SMILES string of the molecule is CCCOC1CCCCC1.CO. The van der Waals surface area contributed by atoms with Crippen LogP contribution >= 0.6 is 0 Å². The zero-order valence-electron chi connectivity index (χ0n) is 8.38. The number of ether oxygens (including phenoxy) is 1. The molecule has 0 aliphatic heterocycles. The lowest BCUT2D eigenvalue weighted by Crippen LogP contribution is -2.16. The summed E-state index contributed by atoms with van der Waals surface area (Å²) in [7, 11) is 1.00. The fourth-order valence-electron chi connectivity index (χ4n) is 1.52. The summed E-state index contributed by atoms with van der Waals surface area (Å²) in [6, 6.07) is 0. The molecular weight excluding hydrogens is 152 g/mol. The van der Waals surface area contributed by atoms with Crippen molar-refractivity contribution in [1.82, 2.24) is 0 Å². The van der Waals surface area contributed by atoms with Crippen LogP contribution < -0.4 is 0 Å². The molecule has 1 aliphatic carbocycles. The lowest BCUT2D eigenvalue weighted by Gasteiger charge is -2.21. The Bertz CT molecular complexity index is 77.9. The molecular formula is C10H22O2. The molecule has 0 atom stereocenters. The average Bonchev–Trinajstić information content (AvgIpc) is 2.19. The summed E-state index contributed by atoms with van der Waals surface area (Å²) in [4.78, 5) is 0. The van der Waals surface area contributed by atoms with E-state index in [4.69, 9.17) is 9.84 Å². The molecule has 2 nitrogen and oxygen atoms in total. The van der Waals surface area contributed by atoms with Crippen molar-refractivity contribution in [1.29, 1.82) is 0 Å². The van der Waals surface area contributed by atoms with Crippen molar-refractivity contribution >= 4 is 0 Å². The van der Waals surface area contributed by atoms with Crippen LogP contribution in [0.4, 0.5) is 0 Å². The lowest BCUT2D eigenvalue weighted by molar-refractivity contribution is 0.0289. The van der Waals surface area contributed by atoms with Gasteiger partial charge in [0, 0.05) is 13.7 Å². The van der Waals surface area contributed by atoms with Gasteiger partial charge >= 0.3 is 0 Å². The van der Waals surface area contributed by atoms with Gasteiger partial charge in [0.15, 0.2) is 0 Å². The molecule has 0 amide bonds. The standard InChI is InChI=1S/C9H18O.CH4O/c1-2-8-10-9-6-4-3-5-7-9;1-2/h9H,2-8H2,1H3;2H,1H3. The Morgan fingerprint density at radius 2 is 1.75 bits per heavy atom. The molecule has 0 aromatic carbocycles. The van der Waals surface area contributed by atoms with Crippen molar-refractivity contribution in [3.05, 3.63) is 0 Å². The third-order valence-electron chi connectivity index (χ3n) is 2.11. The summed E-state index contributed by atoms with van der Waals surface area (Å²) in [5.41, 5.74) is 0. The Morgan fingerprint density at radius 1 is 1.17 bits per heavy atom. The van der Waals surface area contributed by atoms with Crippen LogP contribution in [0, 0.1) is 0 Å². The van der Waals surface area contributed by atoms with E-state index in [0.717, 1.165) is 20.1 Å². The second kappa shape index (κ2) is 9.01. The summed E-state index contributed by atoms with van der Waals surface area (Å²) < 4.78 is 5.63. The van der Waals surface area contributed by atoms with E-state index in [1.165, 1.54) is 32.1 Å². The summed E-state index contributed by atoms with van der Waals surface area (Å²) in [6.07, 6.45) is 8.57. The molecule has 74 valence electrons. The van der Waals surface area contributed by atoms with E-state index in [2.05, 4.69) is 6.92 Å². The molecule has 1 fully saturated rings. The first-order valence-electron chi connectivity index (χ1n) is 5.00. The van der Waals surface area contributed by atoms with Gasteiger partial charge in [-0.05, 0) is 19.3 Å². The van der Waals surface area contributed by atoms with Crippen molar-refractivity contribution in [2.45, 2.75) is 51.6 Å². The predicted octanol–water partition coefficient (Wildman–Crippen LogP) is 2.35. The van der Waals surface area contributed by atoms with Gasteiger partial charge in [-0.2, -0.15) is 0 Å². The summed E-state index contributed by atoms with van der Waals surface area (Å²) in [5.74, 6) is 0. The van der Waals surface area contributed by atoms with Gasteiger partial charge in [-0.25, -0.2) is 0 Å². The second-order valence-electron chi connectivity index (χ2n) is 3.13. The molecule has 0 aromatic heterocycles. The highest BCUT2D eigenvalue weighted by Crippen LogP contribution is 2.20. The first-order valence-corrected chi connectivity index (χ1v) is 5.00. The maximum Gasteiger partial charge on any atom is 0.0575 e. The van der Waals surface area contributed by atoms with Crippen LogP contribution in [0.3, 0.4) is 0 Å². The first-order chi connectivity index (χ1) is 5.93. The minimum Gasteiger partial charge on any atom is -0.400 e. The summed E-state index contributed by atoms with van der Waals surface area (Å²) in [6.45, 7) is 3.13. The largest absolute Gasteiger partial charge is 0.400 e. The number of hydrogen-bond donors (Lipinski definition) is 1. The third kappa shape index (κ3) is 5.56. The van der Waals surface area contributed by atoms with Crippen LogP contribution in [0.5, 0.6) is 0 Å². The van der Waals surface area contributed by atoms with Gasteiger partial charge in [0.25, 0.3) is 0 Å². The third-order valence-corrected chi connectivity index (χ3v) is 2.11. The molecule has 1 rings (SSSR count). The number of hydrogen-bond acceptors (Lipinski definition) is 2. The molecule has 12 heavy (non-hydrogen) atoms. The maximum absolute atomic E-state index is 7.00. The van der Waals surface area contributed by atoms with Gasteiger partial charge in [0.1, 0.15) is 0 Å². The van der Waals surface area contributed by atoms with E-state index in [1.54, 1.807) is 0 Å². The van der Waals surface area contributed by atoms with Crippen molar-refractivity contribution in [3.8, 4) is 0 Å². The molecule has 0 spiro atoms. The van der Waals surface area contributed by atoms with Gasteiger partial charge in [-0.3, -0.25) is 0 Å². The topological polar surface area (TPSA) is 29.5 Å². The van der Waals surface area contributed by atoms with Crippen molar-refractivity contribution < 1.29 is 9.84 Å². The molecule has 0 radical (unpaired) electrons. The van der Waals surface area contributed by atoms with Gasteiger partial charge < -0.3 is 9.84 Å². The molecule has 0 unspecified atom stereocenters. The first kappa shape index (κ1) is 11.9. The second-order valence-corrected chi connectivity index (χ2v) is 3.13. The van der Waals surface area contributed by atoms with Crippen LogP contribution in [0.25, 0.3) is 0 Å². The average molecular weight is 174 g/mol. The molecule has 1 N–H and O–H groups in total. The van der Waals surface area contributed by atoms with Crippen LogP contribution in [-0.2, 0) is 4.74 Å². The minimum atomic E-state index is 0.605. The molecule has 1 aliphatic rings. The zero-order valence-corrected chi connectivity index (χ0v) is 8.38. The van der Waals surface area contributed by atoms with E-state index in [1.807, 2.05) is 0 Å². The predicted molar refractivity (Wildman–Crippen MR) is 51.3 cm³/mol. The number of aliphatic hydroxyl groups excluding tert-OH is 1. The number of rotatable bonds is 3. The van der Waals surface area contributed by atoms with E-state index in [-0.39, 0.29) is 0 Å². The normalized spacial score (nSPS) is 18.2. The summed E-state index contributed by atoms with van der Waals surface area (Å²) in [5, 5.41) is 7.00. The van der Waals surface area contributed by atoms with E-state index < -0.39 is 0 Å². The molecule has 1 saturated carbocycles. The Kier molecular flexibility index (Phi) is 8.95. The Balaban J connectivity index is 0.000000561.